The SMILES string of the molecule is Clc1ccc2c(c1)-c1nc[nH]c1-c1ccccc1S2. The van der Waals surface area contributed by atoms with Crippen LogP contribution in [0.3, 0.4) is 0 Å². The second kappa shape index (κ2) is 4.15. The average Bonchev–Trinajstić information content (AvgIpc) is 2.86. The molecule has 1 aliphatic rings. The molecule has 1 aliphatic heterocycles. The molecule has 0 aliphatic carbocycles. The Bertz CT molecular complexity index is 779. The Hall–Kier alpha value is -1.71. The highest BCUT2D eigenvalue weighted by molar-refractivity contribution is 7.99. The third-order valence-electron chi connectivity index (χ3n) is 3.21. The van der Waals surface area contributed by atoms with Crippen LogP contribution in [0.2, 0.25) is 5.02 Å². The Kier molecular flexibility index (Phi) is 2.43. The van der Waals surface area contributed by atoms with Crippen LogP contribution in [0.4, 0.5) is 0 Å². The Morgan fingerprint density at radius 1 is 1.00 bits per heavy atom. The van der Waals surface area contributed by atoms with Crippen molar-refractivity contribution in [2.45, 2.75) is 9.79 Å². The summed E-state index contributed by atoms with van der Waals surface area (Å²) in [7, 11) is 0. The molecule has 92 valence electrons. The summed E-state index contributed by atoms with van der Waals surface area (Å²) < 4.78 is 0. The van der Waals surface area contributed by atoms with Gasteiger partial charge < -0.3 is 4.98 Å². The standard InChI is InChI=1S/C15H9ClN2S/c16-9-5-6-13-11(7-9)15-14(17-8-18-15)10-3-1-2-4-12(10)19-13/h1-8H,(H,17,18). The van der Waals surface area contributed by atoms with E-state index in [-0.39, 0.29) is 0 Å². The third kappa shape index (κ3) is 1.70. The summed E-state index contributed by atoms with van der Waals surface area (Å²) in [4.78, 5) is 10.1. The highest BCUT2D eigenvalue weighted by Crippen LogP contribution is 2.46. The minimum absolute atomic E-state index is 0.735. The number of benzene rings is 2. The number of hydrogen-bond acceptors (Lipinski definition) is 2. The van der Waals surface area contributed by atoms with E-state index in [1.807, 2.05) is 18.2 Å². The first-order valence-electron chi connectivity index (χ1n) is 5.93. The Morgan fingerprint density at radius 3 is 2.79 bits per heavy atom. The maximum absolute atomic E-state index is 6.13. The lowest BCUT2D eigenvalue weighted by atomic mass is 10.1. The fraction of sp³-hybridized carbons (Fsp3) is 0. The number of fused-ring (bicyclic) bond motifs is 5. The van der Waals surface area contributed by atoms with Gasteiger partial charge in [0.25, 0.3) is 0 Å². The van der Waals surface area contributed by atoms with Crippen LogP contribution in [0.5, 0.6) is 0 Å². The average molecular weight is 285 g/mol. The largest absolute Gasteiger partial charge is 0.344 e. The molecule has 1 N–H and O–H groups in total. The minimum atomic E-state index is 0.735. The fourth-order valence-corrected chi connectivity index (χ4v) is 3.60. The molecule has 19 heavy (non-hydrogen) atoms. The molecule has 4 rings (SSSR count). The van der Waals surface area contributed by atoms with E-state index in [1.165, 1.54) is 15.4 Å². The molecule has 0 atom stereocenters. The number of H-pyrrole nitrogens is 1. The number of nitrogens with one attached hydrogen (secondary N) is 1. The second-order valence-electron chi connectivity index (χ2n) is 4.36. The van der Waals surface area contributed by atoms with Crippen LogP contribution >= 0.6 is 23.4 Å². The Morgan fingerprint density at radius 2 is 1.84 bits per heavy atom. The van der Waals surface area contributed by atoms with Gasteiger partial charge in [-0.3, -0.25) is 0 Å². The number of hydrogen-bond donors (Lipinski definition) is 1. The summed E-state index contributed by atoms with van der Waals surface area (Å²) in [6, 6.07) is 14.3. The predicted molar refractivity (Wildman–Crippen MR) is 78.6 cm³/mol. The summed E-state index contributed by atoms with van der Waals surface area (Å²) in [6.45, 7) is 0. The van der Waals surface area contributed by atoms with Crippen molar-refractivity contribution < 1.29 is 0 Å². The smallest absolute Gasteiger partial charge is 0.0973 e. The molecule has 0 saturated carbocycles. The summed E-state index contributed by atoms with van der Waals surface area (Å²) in [6.07, 6.45) is 1.74. The molecule has 0 saturated heterocycles. The number of imidazole rings is 1. The van der Waals surface area contributed by atoms with Gasteiger partial charge in [0.05, 0.1) is 17.7 Å². The molecular formula is C15H9ClN2S. The monoisotopic (exact) mass is 284 g/mol. The summed E-state index contributed by atoms with van der Waals surface area (Å²) in [5.41, 5.74) is 4.30. The first-order valence-corrected chi connectivity index (χ1v) is 7.13. The van der Waals surface area contributed by atoms with E-state index in [2.05, 4.69) is 34.2 Å². The molecule has 0 amide bonds. The molecule has 1 aromatic heterocycles. The number of aromatic nitrogens is 2. The topological polar surface area (TPSA) is 28.7 Å². The van der Waals surface area contributed by atoms with Gasteiger partial charge in [0.15, 0.2) is 0 Å². The van der Waals surface area contributed by atoms with E-state index in [0.717, 1.165) is 22.0 Å². The highest BCUT2D eigenvalue weighted by atomic mass is 35.5. The highest BCUT2D eigenvalue weighted by Gasteiger charge is 2.21. The van der Waals surface area contributed by atoms with E-state index in [1.54, 1.807) is 18.1 Å². The first kappa shape index (κ1) is 11.1. The van der Waals surface area contributed by atoms with Gasteiger partial charge in [-0.1, -0.05) is 41.6 Å². The lowest BCUT2D eigenvalue weighted by Gasteiger charge is -2.05. The van der Waals surface area contributed by atoms with Gasteiger partial charge >= 0.3 is 0 Å². The Balaban J connectivity index is 2.10. The maximum Gasteiger partial charge on any atom is 0.0973 e. The van der Waals surface area contributed by atoms with Gasteiger partial charge in [-0.2, -0.15) is 0 Å². The van der Waals surface area contributed by atoms with Gasteiger partial charge in [-0.05, 0) is 24.3 Å². The van der Waals surface area contributed by atoms with E-state index in [0.29, 0.717) is 0 Å². The molecule has 0 radical (unpaired) electrons. The maximum atomic E-state index is 6.13. The fourth-order valence-electron chi connectivity index (χ4n) is 2.36. The molecule has 2 nitrogen and oxygen atoms in total. The van der Waals surface area contributed by atoms with Crippen molar-refractivity contribution in [3.63, 3.8) is 0 Å². The van der Waals surface area contributed by atoms with Crippen molar-refractivity contribution in [1.82, 2.24) is 9.97 Å². The number of aromatic amines is 1. The second-order valence-corrected chi connectivity index (χ2v) is 5.89. The zero-order valence-electron chi connectivity index (χ0n) is 9.85. The van der Waals surface area contributed by atoms with Crippen LogP contribution in [0.15, 0.2) is 58.6 Å². The zero-order chi connectivity index (χ0) is 12.8. The van der Waals surface area contributed by atoms with Gasteiger partial charge in [0.2, 0.25) is 0 Å². The van der Waals surface area contributed by atoms with Crippen LogP contribution in [0.1, 0.15) is 0 Å². The lowest BCUT2D eigenvalue weighted by Crippen LogP contribution is -1.83. The molecule has 0 bridgehead atoms. The van der Waals surface area contributed by atoms with Crippen LogP contribution in [-0.4, -0.2) is 9.97 Å². The molecule has 4 heteroatoms. The summed E-state index contributed by atoms with van der Waals surface area (Å²) in [5, 5.41) is 0.735. The number of halogens is 1. The lowest BCUT2D eigenvalue weighted by molar-refractivity contribution is 1.29. The van der Waals surface area contributed by atoms with Crippen LogP contribution < -0.4 is 0 Å². The molecule has 2 aromatic carbocycles. The Labute approximate surface area is 119 Å². The number of rotatable bonds is 0. The van der Waals surface area contributed by atoms with Gasteiger partial charge in [0.1, 0.15) is 0 Å². The molecule has 0 fully saturated rings. The van der Waals surface area contributed by atoms with Crippen molar-refractivity contribution in [1.29, 1.82) is 0 Å². The van der Waals surface area contributed by atoms with Crippen LogP contribution in [0, 0.1) is 0 Å². The molecule has 0 unspecified atom stereocenters. The zero-order valence-corrected chi connectivity index (χ0v) is 11.4. The predicted octanol–water partition coefficient (Wildman–Crippen LogP) is 4.86. The van der Waals surface area contributed by atoms with Crippen LogP contribution in [-0.2, 0) is 0 Å². The third-order valence-corrected chi connectivity index (χ3v) is 4.60. The van der Waals surface area contributed by atoms with Crippen molar-refractivity contribution in [2.24, 2.45) is 0 Å². The first-order chi connectivity index (χ1) is 9.33. The normalized spacial score (nSPS) is 12.3. The molecule has 2 heterocycles. The van der Waals surface area contributed by atoms with E-state index < -0.39 is 0 Å². The van der Waals surface area contributed by atoms with E-state index >= 15 is 0 Å². The van der Waals surface area contributed by atoms with Crippen LogP contribution in [0.25, 0.3) is 22.5 Å². The van der Waals surface area contributed by atoms with Crippen molar-refractivity contribution in [2.75, 3.05) is 0 Å². The summed E-state index contributed by atoms with van der Waals surface area (Å²) >= 11 is 7.88. The minimum Gasteiger partial charge on any atom is -0.344 e. The quantitative estimate of drug-likeness (QED) is 0.499. The van der Waals surface area contributed by atoms with Gasteiger partial charge in [-0.25, -0.2) is 4.98 Å². The number of nitrogens with zero attached hydrogens (tertiary/aromatic N) is 1. The molecular weight excluding hydrogens is 276 g/mol. The van der Waals surface area contributed by atoms with Crippen molar-refractivity contribution >= 4 is 23.4 Å². The van der Waals surface area contributed by atoms with E-state index in [9.17, 15) is 0 Å². The van der Waals surface area contributed by atoms with Gasteiger partial charge in [0, 0.05) is 25.9 Å². The molecule has 3 aromatic rings. The van der Waals surface area contributed by atoms with Crippen molar-refractivity contribution in [3.8, 4) is 22.5 Å². The van der Waals surface area contributed by atoms with Crippen molar-refractivity contribution in [3.05, 3.63) is 53.8 Å². The van der Waals surface area contributed by atoms with E-state index in [4.69, 9.17) is 11.6 Å². The van der Waals surface area contributed by atoms with Gasteiger partial charge in [-0.15, -0.1) is 0 Å². The summed E-state index contributed by atoms with van der Waals surface area (Å²) in [5.74, 6) is 0. The molecule has 0 spiro atoms.